The Morgan fingerprint density at radius 2 is 1.00 bits per heavy atom. The molecule has 0 amide bonds. The maximum absolute atomic E-state index is 12.0. The van der Waals surface area contributed by atoms with Crippen LogP contribution in [0.25, 0.3) is 0 Å². The lowest BCUT2D eigenvalue weighted by molar-refractivity contribution is -0.143. The molecule has 0 aliphatic carbocycles. The number of unbranched alkanes of at least 4 members (excludes halogenated alkanes) is 21. The summed E-state index contributed by atoms with van der Waals surface area (Å²) < 4.78 is 17.7. The number of aliphatic hydroxyl groups excluding tert-OH is 1. The molecule has 0 aliphatic rings. The summed E-state index contributed by atoms with van der Waals surface area (Å²) in [6.45, 7) is 11.7. The predicted octanol–water partition coefficient (Wildman–Crippen LogP) is 12.3. The van der Waals surface area contributed by atoms with Crippen LogP contribution in [0.3, 0.4) is 0 Å². The molecule has 0 saturated heterocycles. The minimum atomic E-state index is -0.143. The van der Waals surface area contributed by atoms with E-state index in [1.54, 1.807) is 0 Å². The number of rotatable bonds is 41. The van der Waals surface area contributed by atoms with Crippen LogP contribution in [0.15, 0.2) is 24.3 Å². The Balaban J connectivity index is 4.09. The van der Waals surface area contributed by atoms with Gasteiger partial charge in [-0.15, -0.1) is 0 Å². The first kappa shape index (κ1) is 48.8. The van der Waals surface area contributed by atoms with Gasteiger partial charge in [-0.05, 0) is 77.3 Å². The van der Waals surface area contributed by atoms with E-state index in [4.69, 9.17) is 14.2 Å². The molecule has 0 unspecified atom stereocenters. The first-order chi connectivity index (χ1) is 24.7. The highest BCUT2D eigenvalue weighted by atomic mass is 16.7. The monoisotopic (exact) mass is 708 g/mol. The van der Waals surface area contributed by atoms with Crippen LogP contribution in [-0.2, 0) is 19.0 Å². The summed E-state index contributed by atoms with van der Waals surface area (Å²) in [6, 6.07) is 0. The van der Waals surface area contributed by atoms with Crippen LogP contribution in [0, 0.1) is 0 Å². The van der Waals surface area contributed by atoms with Gasteiger partial charge in [-0.2, -0.15) is 0 Å². The quantitative estimate of drug-likeness (QED) is 0.0295. The zero-order valence-corrected chi connectivity index (χ0v) is 33.7. The fourth-order valence-corrected chi connectivity index (χ4v) is 6.22. The molecule has 0 bridgehead atoms. The smallest absolute Gasteiger partial charge is 0.305 e. The first-order valence-corrected chi connectivity index (χ1v) is 21.7. The summed E-state index contributed by atoms with van der Waals surface area (Å²) in [4.78, 5) is 14.4. The highest BCUT2D eigenvalue weighted by Crippen LogP contribution is 2.13. The number of carbonyl (C=O) groups excluding carboxylic acids is 1. The minimum Gasteiger partial charge on any atom is -0.466 e. The van der Waals surface area contributed by atoms with E-state index in [2.05, 4.69) is 50.0 Å². The van der Waals surface area contributed by atoms with Crippen LogP contribution >= 0.6 is 0 Å². The fraction of sp³-hybridized carbons (Fsp3) is 0.886. The second-order valence-electron chi connectivity index (χ2n) is 14.4. The maximum atomic E-state index is 12.0. The molecule has 0 radical (unpaired) electrons. The normalized spacial score (nSPS) is 12.0. The third-order valence-corrected chi connectivity index (χ3v) is 9.49. The van der Waals surface area contributed by atoms with Crippen molar-refractivity contribution in [1.29, 1.82) is 0 Å². The molecule has 0 atom stereocenters. The van der Waals surface area contributed by atoms with Crippen molar-refractivity contribution in [2.45, 2.75) is 207 Å². The molecule has 6 heteroatoms. The zero-order chi connectivity index (χ0) is 36.4. The van der Waals surface area contributed by atoms with E-state index in [1.165, 1.54) is 109 Å². The van der Waals surface area contributed by atoms with Gasteiger partial charge in [0, 0.05) is 13.0 Å². The van der Waals surface area contributed by atoms with E-state index in [9.17, 15) is 9.90 Å². The molecule has 0 rings (SSSR count). The van der Waals surface area contributed by atoms with Crippen molar-refractivity contribution in [2.24, 2.45) is 0 Å². The Bertz CT molecular complexity index is 701. The zero-order valence-electron chi connectivity index (χ0n) is 33.7. The molecule has 0 spiro atoms. The largest absolute Gasteiger partial charge is 0.466 e. The molecule has 0 saturated carbocycles. The molecule has 0 heterocycles. The molecule has 0 aliphatic heterocycles. The molecule has 50 heavy (non-hydrogen) atoms. The van der Waals surface area contributed by atoms with Crippen LogP contribution < -0.4 is 0 Å². The van der Waals surface area contributed by atoms with E-state index in [1.807, 2.05) is 0 Å². The molecule has 6 nitrogen and oxygen atoms in total. The average molecular weight is 708 g/mol. The second-order valence-corrected chi connectivity index (χ2v) is 14.4. The second kappa shape index (κ2) is 42.2. The van der Waals surface area contributed by atoms with Gasteiger partial charge in [-0.1, -0.05) is 154 Å². The van der Waals surface area contributed by atoms with Gasteiger partial charge in [0.05, 0.1) is 26.4 Å². The van der Waals surface area contributed by atoms with Gasteiger partial charge in [0.15, 0.2) is 6.29 Å². The van der Waals surface area contributed by atoms with Crippen molar-refractivity contribution in [3.63, 3.8) is 0 Å². The van der Waals surface area contributed by atoms with Crippen LogP contribution in [-0.4, -0.2) is 68.3 Å². The Morgan fingerprint density at radius 3 is 1.54 bits per heavy atom. The average Bonchev–Trinajstić information content (AvgIpc) is 3.12. The minimum absolute atomic E-state index is 0.0259. The van der Waals surface area contributed by atoms with Gasteiger partial charge in [0.2, 0.25) is 0 Å². The summed E-state index contributed by atoms with van der Waals surface area (Å²) in [5, 5.41) is 9.58. The molecular weight excluding hydrogens is 622 g/mol. The third-order valence-electron chi connectivity index (χ3n) is 9.49. The van der Waals surface area contributed by atoms with Crippen molar-refractivity contribution >= 4 is 5.97 Å². The number of esters is 1. The first-order valence-electron chi connectivity index (χ1n) is 21.7. The van der Waals surface area contributed by atoms with Crippen molar-refractivity contribution in [3.8, 4) is 0 Å². The van der Waals surface area contributed by atoms with E-state index < -0.39 is 0 Å². The molecule has 0 aromatic heterocycles. The molecule has 0 fully saturated rings. The summed E-state index contributed by atoms with van der Waals surface area (Å²) in [6.07, 6.45) is 41.7. The van der Waals surface area contributed by atoms with Gasteiger partial charge >= 0.3 is 5.97 Å². The SMILES string of the molecule is CCCCCC/C=C\COC(CCCCCCN(CCO)CCCCCCCC(=O)OCCCCCCCCC)OC/C=C\CCCCCC. The number of hydrogen-bond acceptors (Lipinski definition) is 6. The number of aliphatic hydroxyl groups is 1. The Hall–Kier alpha value is -1.21. The lowest BCUT2D eigenvalue weighted by Crippen LogP contribution is -2.29. The van der Waals surface area contributed by atoms with Gasteiger partial charge in [0.25, 0.3) is 0 Å². The highest BCUT2D eigenvalue weighted by molar-refractivity contribution is 5.69. The van der Waals surface area contributed by atoms with Gasteiger partial charge in [-0.25, -0.2) is 0 Å². The molecular formula is C44H85NO5. The van der Waals surface area contributed by atoms with E-state index in [0.717, 1.165) is 83.8 Å². The topological polar surface area (TPSA) is 68.2 Å². The number of carbonyl (C=O) groups is 1. The summed E-state index contributed by atoms with van der Waals surface area (Å²) in [7, 11) is 0. The van der Waals surface area contributed by atoms with E-state index in [0.29, 0.717) is 26.2 Å². The van der Waals surface area contributed by atoms with Crippen LogP contribution in [0.5, 0.6) is 0 Å². The maximum Gasteiger partial charge on any atom is 0.305 e. The van der Waals surface area contributed by atoms with E-state index in [-0.39, 0.29) is 18.9 Å². The third kappa shape index (κ3) is 38.0. The Morgan fingerprint density at radius 1 is 0.540 bits per heavy atom. The molecule has 1 N–H and O–H groups in total. The standard InChI is InChI=1S/C44H85NO5/c1-4-7-10-13-16-24-31-40-48-43(47)34-27-20-19-22-29-36-45(38-39-46)37-30-23-21-28-35-44(49-41-32-25-17-14-11-8-5-2)50-42-33-26-18-15-12-9-6-3/h25-26,32-33,44,46H,4-24,27-31,34-42H2,1-3H3/b32-25-,33-26-. The molecule has 0 aromatic carbocycles. The van der Waals surface area contributed by atoms with Gasteiger partial charge in [0.1, 0.15) is 0 Å². The van der Waals surface area contributed by atoms with Crippen LogP contribution in [0.2, 0.25) is 0 Å². The Kier molecular flexibility index (Phi) is 41.2. The number of hydrogen-bond donors (Lipinski definition) is 1. The summed E-state index contributed by atoms with van der Waals surface area (Å²) in [5.41, 5.74) is 0. The highest BCUT2D eigenvalue weighted by Gasteiger charge is 2.09. The molecule has 0 aromatic rings. The van der Waals surface area contributed by atoms with Crippen LogP contribution in [0.4, 0.5) is 0 Å². The lowest BCUT2D eigenvalue weighted by Gasteiger charge is -2.21. The van der Waals surface area contributed by atoms with Crippen molar-refractivity contribution in [3.05, 3.63) is 24.3 Å². The number of nitrogens with zero attached hydrogens (tertiary/aromatic N) is 1. The lowest BCUT2D eigenvalue weighted by atomic mass is 10.1. The number of allylic oxidation sites excluding steroid dienone is 2. The molecule has 296 valence electrons. The summed E-state index contributed by atoms with van der Waals surface area (Å²) >= 11 is 0. The predicted molar refractivity (Wildman–Crippen MR) is 215 cm³/mol. The van der Waals surface area contributed by atoms with Crippen LogP contribution in [0.1, 0.15) is 201 Å². The Labute approximate surface area is 311 Å². The number of ether oxygens (including phenoxy) is 3. The van der Waals surface area contributed by atoms with Gasteiger partial charge in [-0.3, -0.25) is 4.79 Å². The van der Waals surface area contributed by atoms with E-state index >= 15 is 0 Å². The van der Waals surface area contributed by atoms with Crippen molar-refractivity contribution in [1.82, 2.24) is 4.90 Å². The van der Waals surface area contributed by atoms with Crippen molar-refractivity contribution in [2.75, 3.05) is 46.1 Å². The van der Waals surface area contributed by atoms with Crippen molar-refractivity contribution < 1.29 is 24.1 Å². The van der Waals surface area contributed by atoms with Gasteiger partial charge < -0.3 is 24.2 Å². The fourth-order valence-electron chi connectivity index (χ4n) is 6.22. The summed E-state index contributed by atoms with van der Waals surface area (Å²) in [5.74, 6) is -0.0259.